The molecule has 2 fully saturated rings. The summed E-state index contributed by atoms with van der Waals surface area (Å²) >= 11 is 0. The number of rotatable bonds is 10. The van der Waals surface area contributed by atoms with Gasteiger partial charge < -0.3 is 14.7 Å². The molecule has 0 spiro atoms. The largest absolute Gasteiger partial charge is 0.488 e. The number of carboxylic acids is 1. The van der Waals surface area contributed by atoms with Crippen LogP contribution in [0, 0.1) is 18.3 Å². The highest BCUT2D eigenvalue weighted by Crippen LogP contribution is 2.58. The first-order chi connectivity index (χ1) is 20.8. The second-order valence-electron chi connectivity index (χ2n) is 12.1. The molecular weight excluding hydrogens is 536 g/mol. The first kappa shape index (κ1) is 28.9. The van der Waals surface area contributed by atoms with E-state index in [1.54, 1.807) is 6.08 Å². The molecule has 3 aromatic rings. The summed E-state index contributed by atoms with van der Waals surface area (Å²) in [5.74, 6) is 1.26. The zero-order valence-electron chi connectivity index (χ0n) is 25.1. The lowest BCUT2D eigenvalue weighted by Gasteiger charge is -2.35. The number of para-hydroxylation sites is 1. The van der Waals surface area contributed by atoms with Crippen LogP contribution in [0.3, 0.4) is 0 Å². The number of carboxylic acid groups (broad SMARTS) is 1. The normalized spacial score (nSPS) is 22.2. The van der Waals surface area contributed by atoms with Gasteiger partial charge in [-0.15, -0.1) is 0 Å². The van der Waals surface area contributed by atoms with Crippen LogP contribution < -0.4 is 9.64 Å². The number of hydrogen-bond acceptors (Lipinski definition) is 6. The Bertz CT molecular complexity index is 1600. The Hall–Kier alpha value is -4.23. The number of fused-ring (bicyclic) bond motifs is 2. The summed E-state index contributed by atoms with van der Waals surface area (Å²) in [6.45, 7) is 15.7. The first-order valence-electron chi connectivity index (χ1n) is 15.2. The van der Waals surface area contributed by atoms with E-state index in [-0.39, 0.29) is 12.0 Å². The van der Waals surface area contributed by atoms with E-state index in [1.807, 2.05) is 42.5 Å². The van der Waals surface area contributed by atoms with E-state index in [2.05, 4.69) is 60.1 Å². The van der Waals surface area contributed by atoms with E-state index < -0.39 is 11.4 Å². The van der Waals surface area contributed by atoms with Gasteiger partial charge in [0.25, 0.3) is 0 Å². The molecule has 6 rings (SSSR count). The van der Waals surface area contributed by atoms with Gasteiger partial charge in [0.1, 0.15) is 18.2 Å². The predicted octanol–water partition coefficient (Wildman–Crippen LogP) is 6.45. The Balaban J connectivity index is 1.16. The van der Waals surface area contributed by atoms with Crippen LogP contribution in [0.2, 0.25) is 0 Å². The summed E-state index contributed by atoms with van der Waals surface area (Å²) in [5.41, 5.74) is 7.50. The van der Waals surface area contributed by atoms with E-state index in [0.717, 1.165) is 61.0 Å². The number of nitrogens with zero attached hydrogens (tertiary/aromatic N) is 4. The number of anilines is 1. The van der Waals surface area contributed by atoms with Crippen molar-refractivity contribution in [2.24, 2.45) is 16.3 Å². The Morgan fingerprint density at radius 3 is 2.81 bits per heavy atom. The minimum Gasteiger partial charge on any atom is -0.488 e. The van der Waals surface area contributed by atoms with Gasteiger partial charge in [-0.25, -0.2) is 4.98 Å². The molecular formula is C36H40N4O3. The van der Waals surface area contributed by atoms with E-state index in [0.29, 0.717) is 19.6 Å². The summed E-state index contributed by atoms with van der Waals surface area (Å²) in [7, 11) is 0. The molecule has 2 aromatic carbocycles. The lowest BCUT2D eigenvalue weighted by atomic mass is 9.91. The van der Waals surface area contributed by atoms with Gasteiger partial charge in [0.05, 0.1) is 16.8 Å². The topological polar surface area (TPSA) is 78.3 Å². The number of aliphatic imine (C=N–C) groups is 1. The maximum Gasteiger partial charge on any atom is 0.310 e. The first-order valence-corrected chi connectivity index (χ1v) is 15.2. The summed E-state index contributed by atoms with van der Waals surface area (Å²) in [6.07, 6.45) is 6.14. The van der Waals surface area contributed by atoms with Crippen LogP contribution in [0.5, 0.6) is 5.75 Å². The molecule has 0 bridgehead atoms. The van der Waals surface area contributed by atoms with Crippen LogP contribution in [0.15, 0.2) is 84.0 Å². The molecule has 2 unspecified atom stereocenters. The summed E-state index contributed by atoms with van der Waals surface area (Å²) in [6, 6.07) is 18.7. The fourth-order valence-electron chi connectivity index (χ4n) is 6.93. The minimum atomic E-state index is -0.646. The highest BCUT2D eigenvalue weighted by molar-refractivity contribution is 5.79. The molecule has 3 heterocycles. The summed E-state index contributed by atoms with van der Waals surface area (Å²) < 4.78 is 6.46. The number of allylic oxidation sites excluding steroid dienone is 2. The van der Waals surface area contributed by atoms with Gasteiger partial charge in [-0.1, -0.05) is 43.0 Å². The summed E-state index contributed by atoms with van der Waals surface area (Å²) in [5, 5.41) is 9.64. The second kappa shape index (κ2) is 11.8. The molecule has 3 aliphatic rings. The average molecular weight is 577 g/mol. The molecule has 1 aliphatic carbocycles. The van der Waals surface area contributed by atoms with E-state index in [4.69, 9.17) is 9.72 Å². The smallest absolute Gasteiger partial charge is 0.310 e. The Labute approximate surface area is 254 Å². The number of carbonyl (C=O) groups is 1. The van der Waals surface area contributed by atoms with Crippen molar-refractivity contribution in [1.82, 2.24) is 9.88 Å². The Morgan fingerprint density at radius 2 is 2.05 bits per heavy atom. The second-order valence-corrected chi connectivity index (χ2v) is 12.1. The van der Waals surface area contributed by atoms with Crippen LogP contribution in [-0.2, 0) is 24.4 Å². The number of aliphatic carboxylic acids is 1. The standard InChI is InChI=1S/C36H40N4O3/c1-5-9-31(37-4)25(3)39-18-16-29-24(2)27(15-14-26(29)21-39)23-43-33-12-7-6-10-30(33)32-11-8-13-34(38-32)40-19-17-36(35(41)42)20-28(36)22-40/h5-15,25,28H,1,4,16-23H2,2-3H3,(H,41,42)/b31-9-/t25?,28?,36-/m1/s1. The van der Waals surface area contributed by atoms with E-state index in [9.17, 15) is 9.90 Å². The van der Waals surface area contributed by atoms with Crippen molar-refractivity contribution in [3.8, 4) is 17.0 Å². The molecule has 43 heavy (non-hydrogen) atoms. The van der Waals surface area contributed by atoms with Gasteiger partial charge in [-0.3, -0.25) is 14.7 Å². The van der Waals surface area contributed by atoms with Crippen molar-refractivity contribution < 1.29 is 14.6 Å². The maximum absolute atomic E-state index is 11.7. The van der Waals surface area contributed by atoms with Gasteiger partial charge >= 0.3 is 5.97 Å². The van der Waals surface area contributed by atoms with Gasteiger partial charge in [-0.2, -0.15) is 0 Å². The molecule has 0 amide bonds. The minimum absolute atomic E-state index is 0.178. The third-order valence-electron chi connectivity index (χ3n) is 9.81. The van der Waals surface area contributed by atoms with Crippen LogP contribution in [0.4, 0.5) is 5.82 Å². The van der Waals surface area contributed by atoms with E-state index >= 15 is 0 Å². The maximum atomic E-state index is 11.7. The van der Waals surface area contributed by atoms with Crippen LogP contribution in [0.25, 0.3) is 11.3 Å². The highest BCUT2D eigenvalue weighted by Gasteiger charge is 2.62. The fraction of sp³-hybridized carbons (Fsp3) is 0.361. The number of aromatic nitrogens is 1. The number of piperidine rings is 1. The van der Waals surface area contributed by atoms with Crippen LogP contribution in [0.1, 0.15) is 42.0 Å². The number of pyridine rings is 1. The van der Waals surface area contributed by atoms with Crippen molar-refractivity contribution in [2.45, 2.75) is 52.3 Å². The third kappa shape index (κ3) is 5.50. The van der Waals surface area contributed by atoms with Crippen molar-refractivity contribution in [3.63, 3.8) is 0 Å². The number of hydrogen-bond donors (Lipinski definition) is 1. The molecule has 1 aromatic heterocycles. The monoisotopic (exact) mass is 576 g/mol. The zero-order chi connectivity index (χ0) is 30.1. The fourth-order valence-corrected chi connectivity index (χ4v) is 6.93. The number of ether oxygens (including phenoxy) is 1. The average Bonchev–Trinajstić information content (AvgIpc) is 3.79. The Kier molecular flexibility index (Phi) is 7.93. The molecule has 222 valence electrons. The van der Waals surface area contributed by atoms with Crippen LogP contribution >= 0.6 is 0 Å². The van der Waals surface area contributed by atoms with Crippen molar-refractivity contribution >= 4 is 18.5 Å². The molecule has 1 saturated carbocycles. The van der Waals surface area contributed by atoms with E-state index in [1.165, 1.54) is 22.3 Å². The SMILES string of the molecule is C=C/C=C(\N=C)C(C)N1CCc2c(ccc(COc3ccccc3-c3cccc(N4CC[C@@]5(C(=O)O)CC5C4)n3)c2C)C1. The van der Waals surface area contributed by atoms with Crippen molar-refractivity contribution in [2.75, 3.05) is 24.5 Å². The molecule has 1 N–H and O–H groups in total. The van der Waals surface area contributed by atoms with Crippen molar-refractivity contribution in [1.29, 1.82) is 0 Å². The van der Waals surface area contributed by atoms with Crippen LogP contribution in [-0.4, -0.2) is 53.4 Å². The van der Waals surface area contributed by atoms with Gasteiger partial charge in [0.2, 0.25) is 0 Å². The zero-order valence-corrected chi connectivity index (χ0v) is 25.1. The molecule has 3 atom stereocenters. The van der Waals surface area contributed by atoms with Crippen molar-refractivity contribution in [3.05, 3.63) is 101 Å². The lowest BCUT2D eigenvalue weighted by molar-refractivity contribution is -0.144. The summed E-state index contributed by atoms with van der Waals surface area (Å²) in [4.78, 5) is 25.6. The molecule has 2 aliphatic heterocycles. The molecule has 7 heteroatoms. The lowest BCUT2D eigenvalue weighted by Crippen LogP contribution is -2.38. The Morgan fingerprint density at radius 1 is 1.21 bits per heavy atom. The number of benzene rings is 2. The predicted molar refractivity (Wildman–Crippen MR) is 172 cm³/mol. The quantitative estimate of drug-likeness (QED) is 0.221. The van der Waals surface area contributed by atoms with Gasteiger partial charge in [-0.05, 0) is 98.3 Å². The third-order valence-corrected chi connectivity index (χ3v) is 9.81. The molecule has 0 radical (unpaired) electrons. The van der Waals surface area contributed by atoms with Gasteiger partial charge in [0, 0.05) is 37.8 Å². The highest BCUT2D eigenvalue weighted by atomic mass is 16.5. The molecule has 1 saturated heterocycles. The molecule has 7 nitrogen and oxygen atoms in total. The van der Waals surface area contributed by atoms with Gasteiger partial charge in [0.15, 0.2) is 0 Å².